The first-order valence-corrected chi connectivity index (χ1v) is 13.6. The lowest BCUT2D eigenvalue weighted by Gasteiger charge is -2.32. The number of nitrogens with one attached hydrogen (secondary N) is 1. The lowest BCUT2D eigenvalue weighted by atomic mass is 10.2. The summed E-state index contributed by atoms with van der Waals surface area (Å²) in [6.45, 7) is 3.03. The van der Waals surface area contributed by atoms with Crippen LogP contribution in [0.1, 0.15) is 6.92 Å². The van der Waals surface area contributed by atoms with Crippen molar-refractivity contribution < 1.29 is 17.9 Å². The Morgan fingerprint density at radius 3 is 2.38 bits per heavy atom. The molecule has 0 bridgehead atoms. The average Bonchev–Trinajstić information content (AvgIpc) is 2.83. The van der Waals surface area contributed by atoms with Crippen molar-refractivity contribution in [2.75, 3.05) is 35.9 Å². The van der Waals surface area contributed by atoms with Crippen molar-refractivity contribution in [3.05, 3.63) is 81.4 Å². The summed E-state index contributed by atoms with van der Waals surface area (Å²) in [7, 11) is -3.92. The number of rotatable bonds is 12. The van der Waals surface area contributed by atoms with Crippen LogP contribution in [0.25, 0.3) is 0 Å². The third kappa shape index (κ3) is 6.98. The Morgan fingerprint density at radius 1 is 1.03 bits per heavy atom. The Bertz CT molecular complexity index is 1160. The van der Waals surface area contributed by atoms with Crippen LogP contribution in [0.4, 0.5) is 11.4 Å². The molecule has 3 N–H and O–H groups in total. The fourth-order valence-electron chi connectivity index (χ4n) is 3.25. The molecule has 0 fully saturated rings. The van der Waals surface area contributed by atoms with Gasteiger partial charge in [0.2, 0.25) is 0 Å². The molecule has 0 heterocycles. The van der Waals surface area contributed by atoms with Crippen LogP contribution in [0.15, 0.2) is 77.7 Å². The van der Waals surface area contributed by atoms with Gasteiger partial charge in [0, 0.05) is 21.7 Å². The minimum absolute atomic E-state index is 0.178. The molecule has 0 aliphatic heterocycles. The fraction of sp³-hybridized carbons (Fsp3) is 0.250. The molecule has 34 heavy (non-hydrogen) atoms. The van der Waals surface area contributed by atoms with Gasteiger partial charge in [-0.2, -0.15) is 0 Å². The molecule has 0 saturated carbocycles. The Labute approximate surface area is 219 Å². The zero-order valence-corrected chi connectivity index (χ0v) is 22.4. The Kier molecular flexibility index (Phi) is 9.84. The van der Waals surface area contributed by atoms with E-state index in [2.05, 4.69) is 27.9 Å². The number of hydrogen-bond acceptors (Lipinski definition) is 6. The summed E-state index contributed by atoms with van der Waals surface area (Å²) < 4.78 is 41.1. The molecule has 182 valence electrons. The molecular formula is C24H27ClIN3O4S. The zero-order chi connectivity index (χ0) is 24.6. The lowest BCUT2D eigenvalue weighted by Crippen LogP contribution is -2.41. The molecule has 7 nitrogen and oxygen atoms in total. The molecule has 1 unspecified atom stereocenters. The van der Waals surface area contributed by atoms with E-state index < -0.39 is 16.3 Å². The highest BCUT2D eigenvalue weighted by Crippen LogP contribution is 2.33. The van der Waals surface area contributed by atoms with E-state index in [-0.39, 0.29) is 18.0 Å². The van der Waals surface area contributed by atoms with Gasteiger partial charge in [-0.15, -0.1) is 0 Å². The van der Waals surface area contributed by atoms with Crippen molar-refractivity contribution in [2.24, 2.45) is 5.73 Å². The van der Waals surface area contributed by atoms with Crippen molar-refractivity contribution >= 4 is 55.6 Å². The number of benzene rings is 3. The lowest BCUT2D eigenvalue weighted by molar-refractivity contribution is 0.0802. The van der Waals surface area contributed by atoms with Gasteiger partial charge in [-0.25, -0.2) is 12.7 Å². The van der Waals surface area contributed by atoms with E-state index in [1.807, 2.05) is 12.1 Å². The molecule has 0 amide bonds. The van der Waals surface area contributed by atoms with Gasteiger partial charge in [0.1, 0.15) is 18.6 Å². The molecule has 0 spiro atoms. The van der Waals surface area contributed by atoms with Crippen molar-refractivity contribution in [2.45, 2.75) is 18.0 Å². The second kappa shape index (κ2) is 12.6. The highest BCUT2D eigenvalue weighted by atomic mass is 127. The summed E-state index contributed by atoms with van der Waals surface area (Å²) >= 11 is 8.05. The second-order valence-corrected chi connectivity index (χ2v) is 10.8. The summed E-state index contributed by atoms with van der Waals surface area (Å²) in [6.07, 6.45) is -0.777. The van der Waals surface area contributed by atoms with Gasteiger partial charge in [-0.1, -0.05) is 23.7 Å². The summed E-state index contributed by atoms with van der Waals surface area (Å²) in [5.41, 5.74) is 6.70. The Hall–Kier alpha value is -2.05. The molecule has 0 aromatic heterocycles. The molecule has 0 saturated heterocycles. The summed E-state index contributed by atoms with van der Waals surface area (Å²) in [5.74, 6) is 0.700. The molecule has 3 rings (SSSR count). The van der Waals surface area contributed by atoms with Crippen LogP contribution < -0.4 is 20.1 Å². The van der Waals surface area contributed by atoms with Gasteiger partial charge in [-0.3, -0.25) is 0 Å². The number of nitrogens with two attached hydrogens (primary N) is 1. The summed E-state index contributed by atoms with van der Waals surface area (Å²) in [4.78, 5) is 0.178. The van der Waals surface area contributed by atoms with E-state index in [0.717, 1.165) is 3.57 Å². The minimum Gasteiger partial charge on any atom is -0.492 e. The molecule has 3 aromatic carbocycles. The average molecular weight is 616 g/mol. The third-order valence-corrected chi connectivity index (χ3v) is 7.67. The van der Waals surface area contributed by atoms with Crippen molar-refractivity contribution in [1.29, 1.82) is 0 Å². The smallest absolute Gasteiger partial charge is 0.266 e. The van der Waals surface area contributed by atoms with Crippen LogP contribution in [-0.4, -0.2) is 40.9 Å². The van der Waals surface area contributed by atoms with Crippen molar-refractivity contribution in [1.82, 2.24) is 0 Å². The number of anilines is 2. The molecule has 1 atom stereocenters. The van der Waals surface area contributed by atoms with Gasteiger partial charge < -0.3 is 20.5 Å². The number of para-hydroxylation sites is 2. The summed E-state index contributed by atoms with van der Waals surface area (Å²) in [5, 5.41) is 3.92. The van der Waals surface area contributed by atoms with Gasteiger partial charge >= 0.3 is 0 Å². The first kappa shape index (κ1) is 26.6. The zero-order valence-electron chi connectivity index (χ0n) is 18.7. The van der Waals surface area contributed by atoms with Crippen LogP contribution in [-0.2, 0) is 14.8 Å². The topological polar surface area (TPSA) is 93.9 Å². The number of sulfonamides is 1. The molecule has 10 heteroatoms. The number of ether oxygens (including phenoxy) is 2. The van der Waals surface area contributed by atoms with Crippen LogP contribution in [0, 0.1) is 3.57 Å². The molecular weight excluding hydrogens is 589 g/mol. The molecule has 3 aromatic rings. The van der Waals surface area contributed by atoms with Crippen LogP contribution in [0.5, 0.6) is 5.75 Å². The standard InChI is InChI=1S/C24H27ClIN3O4S/c1-18(32-16-14-27)29(34(30,31)22-12-8-20(26)9-13-22)24-5-3-2-4-23(24)28-15-17-33-21-10-6-19(25)7-11-21/h2-13,18,28H,14-17,27H2,1H3. The molecule has 0 radical (unpaired) electrons. The molecule has 0 aliphatic carbocycles. The fourth-order valence-corrected chi connectivity index (χ4v) is 5.31. The van der Waals surface area contributed by atoms with Crippen molar-refractivity contribution in [3.8, 4) is 5.75 Å². The predicted molar refractivity (Wildman–Crippen MR) is 145 cm³/mol. The third-order valence-electron chi connectivity index (χ3n) is 4.82. The maximum absolute atomic E-state index is 13.7. The van der Waals surface area contributed by atoms with Crippen LogP contribution in [0.2, 0.25) is 5.02 Å². The first-order chi connectivity index (χ1) is 16.3. The van der Waals surface area contributed by atoms with E-state index in [1.165, 1.54) is 4.31 Å². The Balaban J connectivity index is 1.84. The van der Waals surface area contributed by atoms with E-state index in [9.17, 15) is 8.42 Å². The largest absolute Gasteiger partial charge is 0.492 e. The predicted octanol–water partition coefficient (Wildman–Crippen LogP) is 4.95. The molecule has 0 aliphatic rings. The van der Waals surface area contributed by atoms with Gasteiger partial charge in [0.05, 0.1) is 22.9 Å². The van der Waals surface area contributed by atoms with E-state index in [0.29, 0.717) is 35.3 Å². The monoisotopic (exact) mass is 615 g/mol. The van der Waals surface area contributed by atoms with E-state index >= 15 is 0 Å². The van der Waals surface area contributed by atoms with E-state index in [4.69, 9.17) is 26.8 Å². The van der Waals surface area contributed by atoms with Crippen LogP contribution >= 0.6 is 34.2 Å². The maximum atomic E-state index is 13.7. The van der Waals surface area contributed by atoms with Gasteiger partial charge in [-0.05, 0) is 90.2 Å². The quantitative estimate of drug-likeness (QED) is 0.170. The highest BCUT2D eigenvalue weighted by molar-refractivity contribution is 14.1. The first-order valence-electron chi connectivity index (χ1n) is 10.7. The second-order valence-electron chi connectivity index (χ2n) is 7.26. The number of hydrogen-bond donors (Lipinski definition) is 2. The maximum Gasteiger partial charge on any atom is 0.266 e. The normalized spacial score (nSPS) is 12.2. The number of halogens is 2. The SMILES string of the molecule is CC(OCCN)N(c1ccccc1NCCOc1ccc(Cl)cc1)S(=O)(=O)c1ccc(I)cc1. The summed E-state index contributed by atoms with van der Waals surface area (Å²) in [6, 6.07) is 21.0. The minimum atomic E-state index is -3.92. The Morgan fingerprint density at radius 2 is 1.71 bits per heavy atom. The van der Waals surface area contributed by atoms with Gasteiger partial charge in [0.25, 0.3) is 10.0 Å². The van der Waals surface area contributed by atoms with Crippen molar-refractivity contribution in [3.63, 3.8) is 0 Å². The van der Waals surface area contributed by atoms with E-state index in [1.54, 1.807) is 67.6 Å². The van der Waals surface area contributed by atoms with Crippen LogP contribution in [0.3, 0.4) is 0 Å². The highest BCUT2D eigenvalue weighted by Gasteiger charge is 2.31. The number of nitrogens with zero attached hydrogens (tertiary/aromatic N) is 1. The van der Waals surface area contributed by atoms with Gasteiger partial charge in [0.15, 0.2) is 0 Å².